The fraction of sp³-hybridized carbons (Fsp3) is 1.00. The Balaban J connectivity index is 0.00000162. The van der Waals surface area contributed by atoms with Crippen molar-refractivity contribution in [2.45, 2.75) is 74.7 Å². The van der Waals surface area contributed by atoms with Crippen LogP contribution >= 0.6 is 17.9 Å². The molecule has 6 heteroatoms. The average molecular weight is 339 g/mol. The van der Waals surface area contributed by atoms with Gasteiger partial charge in [0.1, 0.15) is 0 Å². The Bertz CT molecular complexity index is 279. The summed E-state index contributed by atoms with van der Waals surface area (Å²) in [7, 11) is -0.228. The van der Waals surface area contributed by atoms with Gasteiger partial charge in [0, 0.05) is 10.5 Å². The molecule has 2 saturated carbocycles. The summed E-state index contributed by atoms with van der Waals surface area (Å²) in [6.45, 7) is 0. The topological polar surface area (TPSA) is 40.5 Å². The van der Waals surface area contributed by atoms with E-state index >= 15 is 0 Å². The minimum absolute atomic E-state index is 0. The summed E-state index contributed by atoms with van der Waals surface area (Å²) in [5.41, 5.74) is -2.94. The molecule has 0 amide bonds. The summed E-state index contributed by atoms with van der Waals surface area (Å²) in [4.78, 5) is 20.3. The zero-order valence-electron chi connectivity index (χ0n) is 10.4. The third-order valence-corrected chi connectivity index (χ3v) is 12.1. The van der Waals surface area contributed by atoms with Gasteiger partial charge >= 0.3 is 37.7 Å². The Morgan fingerprint density at radius 3 is 1.39 bits per heavy atom. The fourth-order valence-electron chi connectivity index (χ4n) is 3.29. The van der Waals surface area contributed by atoms with Gasteiger partial charge in [0.2, 0.25) is 0 Å². The molecule has 2 rings (SSSR count). The second-order valence-corrected chi connectivity index (χ2v) is 13.7. The number of hydrogen-bond acceptors (Lipinski definition) is 0. The van der Waals surface area contributed by atoms with Crippen LogP contribution in [0, 0.1) is 0 Å². The van der Waals surface area contributed by atoms with Crippen molar-refractivity contribution in [3.05, 3.63) is 0 Å². The molecule has 0 aliphatic heterocycles. The molecule has 2 fully saturated rings. The van der Waals surface area contributed by atoms with Crippen LogP contribution in [0.25, 0.3) is 0 Å². The molecule has 0 unspecified atom stereocenters. The molecule has 0 spiro atoms. The van der Waals surface area contributed by atoms with Crippen molar-refractivity contribution in [3.63, 3.8) is 0 Å². The number of rotatable bonds is 2. The second-order valence-electron chi connectivity index (χ2n) is 5.38. The van der Waals surface area contributed by atoms with Crippen LogP contribution in [0.4, 0.5) is 0 Å². The summed E-state index contributed by atoms with van der Waals surface area (Å²) in [5, 5.41) is 1.10. The SMILES string of the molecule is OP(O)(S)=S(C1CCCCC1)C1CCCCC1.[CaH2]. The Hall–Kier alpha value is 2.31. The first kappa shape index (κ1) is 18.4. The summed E-state index contributed by atoms with van der Waals surface area (Å²) in [5.74, 6) is 0. The van der Waals surface area contributed by atoms with Crippen LogP contribution in [0.5, 0.6) is 0 Å². The predicted octanol–water partition coefficient (Wildman–Crippen LogP) is 2.95. The molecular formula is C12H27CaO2PS2. The van der Waals surface area contributed by atoms with E-state index in [1.165, 1.54) is 64.2 Å². The van der Waals surface area contributed by atoms with E-state index in [9.17, 15) is 9.79 Å². The van der Waals surface area contributed by atoms with Gasteiger partial charge in [-0.1, -0.05) is 50.8 Å². The molecule has 0 aromatic rings. The van der Waals surface area contributed by atoms with Crippen molar-refractivity contribution >= 4 is 65.8 Å². The Labute approximate surface area is 149 Å². The van der Waals surface area contributed by atoms with Gasteiger partial charge in [-0.25, -0.2) is 0 Å². The van der Waals surface area contributed by atoms with E-state index in [1.807, 2.05) is 0 Å². The van der Waals surface area contributed by atoms with Gasteiger partial charge in [-0.3, -0.25) is 0 Å². The van der Waals surface area contributed by atoms with E-state index in [1.54, 1.807) is 0 Å². The summed E-state index contributed by atoms with van der Waals surface area (Å²) in [6.07, 6.45) is 12.5. The van der Waals surface area contributed by atoms with Gasteiger partial charge in [-0.2, -0.15) is 0 Å². The van der Waals surface area contributed by atoms with Crippen LogP contribution in [-0.4, -0.2) is 58.0 Å². The Morgan fingerprint density at radius 2 is 1.11 bits per heavy atom. The van der Waals surface area contributed by atoms with Crippen LogP contribution in [-0.2, 0) is 10.1 Å². The van der Waals surface area contributed by atoms with Crippen molar-refractivity contribution in [2.75, 3.05) is 0 Å². The van der Waals surface area contributed by atoms with Gasteiger partial charge in [-0.05, 0) is 25.7 Å². The molecule has 0 saturated heterocycles. The maximum absolute atomic E-state index is 10.1. The van der Waals surface area contributed by atoms with E-state index in [0.29, 0.717) is 10.5 Å². The molecule has 2 nitrogen and oxygen atoms in total. The van der Waals surface area contributed by atoms with Crippen LogP contribution in [0.1, 0.15) is 64.2 Å². The second kappa shape index (κ2) is 8.68. The quantitative estimate of drug-likeness (QED) is 0.412. The molecule has 18 heavy (non-hydrogen) atoms. The van der Waals surface area contributed by atoms with Crippen LogP contribution in [0.15, 0.2) is 0 Å². The molecule has 0 radical (unpaired) electrons. The molecule has 0 aromatic carbocycles. The van der Waals surface area contributed by atoms with Crippen molar-refractivity contribution in [1.29, 1.82) is 0 Å². The number of thiol groups is 1. The van der Waals surface area contributed by atoms with E-state index in [4.69, 9.17) is 0 Å². The first-order valence-electron chi connectivity index (χ1n) is 6.89. The van der Waals surface area contributed by atoms with Crippen LogP contribution < -0.4 is 0 Å². The monoisotopic (exact) mass is 338 g/mol. The predicted molar refractivity (Wildman–Crippen MR) is 90.0 cm³/mol. The standard InChI is InChI=1S/C12H25O2PS2.Ca.2H/c13-15(14,16)17(11-7-3-1-4-8-11)12-9-5-2-6-10-12;;;/h11-14,16H,1-10H2;;;. The molecule has 2 N–H and O–H groups in total. The first-order chi connectivity index (χ1) is 8.09. The van der Waals surface area contributed by atoms with E-state index in [0.717, 1.165) is 0 Å². The summed E-state index contributed by atoms with van der Waals surface area (Å²) in [6, 6.07) is 0. The van der Waals surface area contributed by atoms with E-state index in [-0.39, 0.29) is 47.8 Å². The fourth-order valence-corrected chi connectivity index (χ4v) is 12.3. The molecule has 0 bridgehead atoms. The van der Waals surface area contributed by atoms with Gasteiger partial charge < -0.3 is 9.79 Å². The molecule has 2 aliphatic carbocycles. The molecule has 106 valence electrons. The van der Waals surface area contributed by atoms with Crippen molar-refractivity contribution < 1.29 is 9.79 Å². The molecule has 0 heterocycles. The summed E-state index contributed by atoms with van der Waals surface area (Å²) < 4.78 is 0. The third-order valence-electron chi connectivity index (χ3n) is 4.07. The molecule has 0 aromatic heterocycles. The molecule has 0 atom stereocenters. The van der Waals surface area contributed by atoms with E-state index < -0.39 is 5.69 Å². The van der Waals surface area contributed by atoms with E-state index in [2.05, 4.69) is 12.2 Å². The minimum atomic E-state index is -2.94. The Morgan fingerprint density at radius 1 is 0.778 bits per heavy atom. The summed E-state index contributed by atoms with van der Waals surface area (Å²) >= 11 is 4.20. The van der Waals surface area contributed by atoms with Crippen LogP contribution in [0.2, 0.25) is 0 Å². The maximum atomic E-state index is 10.1. The first-order valence-corrected chi connectivity index (χ1v) is 11.7. The molecule has 2 aliphatic rings. The third kappa shape index (κ3) is 5.26. The molecular weight excluding hydrogens is 311 g/mol. The van der Waals surface area contributed by atoms with Gasteiger partial charge in [-0.15, -0.1) is 10.1 Å². The zero-order valence-corrected chi connectivity index (χ0v) is 13.0. The van der Waals surface area contributed by atoms with Crippen molar-refractivity contribution in [2.24, 2.45) is 0 Å². The average Bonchev–Trinajstić information content (AvgIpc) is 2.30. The van der Waals surface area contributed by atoms with Crippen molar-refractivity contribution in [3.8, 4) is 0 Å². The zero-order chi connectivity index (χ0) is 12.3. The van der Waals surface area contributed by atoms with Gasteiger partial charge in [0.25, 0.3) is 0 Å². The Kier molecular flexibility index (Phi) is 8.85. The van der Waals surface area contributed by atoms with Gasteiger partial charge in [0.15, 0.2) is 5.69 Å². The normalized spacial score (nSPS) is 24.0. The van der Waals surface area contributed by atoms with Gasteiger partial charge in [0.05, 0.1) is 0 Å². The van der Waals surface area contributed by atoms with Crippen LogP contribution in [0.3, 0.4) is 0 Å². The van der Waals surface area contributed by atoms with Crippen molar-refractivity contribution in [1.82, 2.24) is 0 Å². The number of hydrogen-bond donors (Lipinski definition) is 3.